The molecule has 1 rings (SSSR count). The molecule has 0 spiro atoms. The second-order valence-corrected chi connectivity index (χ2v) is 6.58. The molecule has 0 aliphatic carbocycles. The molecule has 1 heterocycles. The van der Waals surface area contributed by atoms with Crippen molar-refractivity contribution in [1.82, 2.24) is 4.90 Å². The zero-order valence-corrected chi connectivity index (χ0v) is 12.6. The summed E-state index contributed by atoms with van der Waals surface area (Å²) in [4.78, 5) is 2.53. The van der Waals surface area contributed by atoms with E-state index in [1.165, 1.54) is 25.8 Å². The van der Waals surface area contributed by atoms with Crippen molar-refractivity contribution in [3.63, 3.8) is 0 Å². The minimum absolute atomic E-state index is 0.151. The van der Waals surface area contributed by atoms with E-state index in [9.17, 15) is 0 Å². The first-order chi connectivity index (χ1) is 8.95. The summed E-state index contributed by atoms with van der Waals surface area (Å²) in [6.45, 7) is 7.93. The van der Waals surface area contributed by atoms with Crippen LogP contribution in [0.1, 0.15) is 52.4 Å². The standard InChI is InChI=1S/C15H31N3O/c1-15(2,14(16)17)8-3-4-9-18-10-5-6-13(12-18)7-11-19/h13,19H,3-12H2,1-2H3,(H3,16,17). The number of hydrogen-bond donors (Lipinski definition) is 3. The third kappa shape index (κ3) is 5.91. The Morgan fingerprint density at radius 1 is 1.42 bits per heavy atom. The molecule has 0 bridgehead atoms. The van der Waals surface area contributed by atoms with Gasteiger partial charge in [-0.25, -0.2) is 0 Å². The molecule has 0 aromatic rings. The van der Waals surface area contributed by atoms with Crippen molar-refractivity contribution in [3.05, 3.63) is 0 Å². The summed E-state index contributed by atoms with van der Waals surface area (Å²) < 4.78 is 0. The van der Waals surface area contributed by atoms with Crippen molar-refractivity contribution in [1.29, 1.82) is 5.41 Å². The van der Waals surface area contributed by atoms with E-state index in [2.05, 4.69) is 4.90 Å². The van der Waals surface area contributed by atoms with E-state index < -0.39 is 0 Å². The zero-order chi connectivity index (χ0) is 14.3. The molecule has 19 heavy (non-hydrogen) atoms. The summed E-state index contributed by atoms with van der Waals surface area (Å²) in [5.74, 6) is 0.987. The largest absolute Gasteiger partial charge is 0.396 e. The smallest absolute Gasteiger partial charge is 0.0963 e. The fourth-order valence-corrected chi connectivity index (χ4v) is 2.81. The molecule has 0 aromatic carbocycles. The Kier molecular flexibility index (Phi) is 6.80. The van der Waals surface area contributed by atoms with E-state index in [4.69, 9.17) is 16.2 Å². The molecule has 0 radical (unpaired) electrons. The molecule has 1 atom stereocenters. The molecule has 1 aliphatic heterocycles. The predicted octanol–water partition coefficient (Wildman–Crippen LogP) is 2.21. The lowest BCUT2D eigenvalue weighted by Gasteiger charge is -2.32. The van der Waals surface area contributed by atoms with Gasteiger partial charge in [-0.15, -0.1) is 0 Å². The van der Waals surface area contributed by atoms with Crippen LogP contribution in [0.3, 0.4) is 0 Å². The van der Waals surface area contributed by atoms with Gasteiger partial charge in [0.15, 0.2) is 0 Å². The van der Waals surface area contributed by atoms with Crippen LogP contribution >= 0.6 is 0 Å². The molecular weight excluding hydrogens is 238 g/mol. The van der Waals surface area contributed by atoms with Gasteiger partial charge in [-0.1, -0.05) is 20.3 Å². The molecule has 1 fully saturated rings. The summed E-state index contributed by atoms with van der Waals surface area (Å²) in [5, 5.41) is 16.6. The number of aliphatic hydroxyl groups is 1. The lowest BCUT2D eigenvalue weighted by atomic mass is 9.86. The molecule has 1 unspecified atom stereocenters. The number of likely N-dealkylation sites (tertiary alicyclic amines) is 1. The first-order valence-electron chi connectivity index (χ1n) is 7.63. The number of nitrogens with one attached hydrogen (secondary N) is 1. The minimum Gasteiger partial charge on any atom is -0.396 e. The SMILES string of the molecule is CC(C)(CCCCN1CCCC(CCO)C1)C(=N)N. The topological polar surface area (TPSA) is 73.3 Å². The average Bonchev–Trinajstić information content (AvgIpc) is 2.35. The van der Waals surface area contributed by atoms with Crippen molar-refractivity contribution in [2.45, 2.75) is 52.4 Å². The van der Waals surface area contributed by atoms with Gasteiger partial charge in [0.2, 0.25) is 0 Å². The number of nitrogens with two attached hydrogens (primary N) is 1. The zero-order valence-electron chi connectivity index (χ0n) is 12.6. The molecule has 0 aromatic heterocycles. The van der Waals surface area contributed by atoms with Gasteiger partial charge in [0.1, 0.15) is 0 Å². The summed E-state index contributed by atoms with van der Waals surface area (Å²) >= 11 is 0. The van der Waals surface area contributed by atoms with Gasteiger partial charge in [0.05, 0.1) is 5.84 Å². The van der Waals surface area contributed by atoms with Crippen LogP contribution in [0.15, 0.2) is 0 Å². The third-order valence-electron chi connectivity index (χ3n) is 4.40. The van der Waals surface area contributed by atoms with Gasteiger partial charge in [0.25, 0.3) is 0 Å². The highest BCUT2D eigenvalue weighted by Gasteiger charge is 2.22. The van der Waals surface area contributed by atoms with Crippen molar-refractivity contribution >= 4 is 5.84 Å². The normalized spacial score (nSPS) is 21.5. The second kappa shape index (κ2) is 7.85. The number of hydrogen-bond acceptors (Lipinski definition) is 3. The molecule has 0 amide bonds. The van der Waals surface area contributed by atoms with Crippen molar-refractivity contribution in [2.24, 2.45) is 17.1 Å². The van der Waals surface area contributed by atoms with Crippen molar-refractivity contribution in [3.8, 4) is 0 Å². The van der Waals surface area contributed by atoms with Crippen molar-refractivity contribution in [2.75, 3.05) is 26.2 Å². The molecule has 4 heteroatoms. The average molecular weight is 269 g/mol. The van der Waals surface area contributed by atoms with Gasteiger partial charge < -0.3 is 15.7 Å². The Hall–Kier alpha value is -0.610. The summed E-state index contributed by atoms with van der Waals surface area (Å²) in [6.07, 6.45) is 6.80. The quantitative estimate of drug-likeness (QED) is 0.359. The predicted molar refractivity (Wildman–Crippen MR) is 80.4 cm³/mol. The molecule has 4 N–H and O–H groups in total. The van der Waals surface area contributed by atoms with E-state index in [-0.39, 0.29) is 5.41 Å². The lowest BCUT2D eigenvalue weighted by molar-refractivity contribution is 0.145. The van der Waals surface area contributed by atoms with Gasteiger partial charge in [0, 0.05) is 18.6 Å². The summed E-state index contributed by atoms with van der Waals surface area (Å²) in [7, 11) is 0. The molecule has 4 nitrogen and oxygen atoms in total. The molecule has 1 aliphatic rings. The maximum absolute atomic E-state index is 9.01. The summed E-state index contributed by atoms with van der Waals surface area (Å²) in [5.41, 5.74) is 5.44. The van der Waals surface area contributed by atoms with E-state index in [1.54, 1.807) is 0 Å². The Morgan fingerprint density at radius 2 is 2.16 bits per heavy atom. The number of nitrogens with zero attached hydrogens (tertiary/aromatic N) is 1. The lowest BCUT2D eigenvalue weighted by Crippen LogP contribution is -2.36. The number of unbranched alkanes of at least 4 members (excludes halogenated alkanes) is 1. The van der Waals surface area contributed by atoms with Crippen LogP contribution in [0.2, 0.25) is 0 Å². The highest BCUT2D eigenvalue weighted by Crippen LogP contribution is 2.24. The van der Waals surface area contributed by atoms with E-state index in [1.807, 2.05) is 13.8 Å². The molecule has 112 valence electrons. The Bertz CT molecular complexity index is 277. The van der Waals surface area contributed by atoms with Gasteiger partial charge in [-0.2, -0.15) is 0 Å². The maximum Gasteiger partial charge on any atom is 0.0963 e. The highest BCUT2D eigenvalue weighted by molar-refractivity contribution is 5.82. The third-order valence-corrected chi connectivity index (χ3v) is 4.40. The number of aliphatic hydroxyl groups excluding tert-OH is 1. The van der Waals surface area contributed by atoms with Crippen LogP contribution in [0.5, 0.6) is 0 Å². The first-order valence-corrected chi connectivity index (χ1v) is 7.63. The fourth-order valence-electron chi connectivity index (χ4n) is 2.81. The van der Waals surface area contributed by atoms with Crippen LogP contribution in [-0.4, -0.2) is 42.1 Å². The van der Waals surface area contributed by atoms with E-state index in [0.717, 1.165) is 32.4 Å². The monoisotopic (exact) mass is 269 g/mol. The molecule has 1 saturated heterocycles. The molecular formula is C15H31N3O. The van der Waals surface area contributed by atoms with E-state index >= 15 is 0 Å². The second-order valence-electron chi connectivity index (χ2n) is 6.58. The van der Waals surface area contributed by atoms with E-state index in [0.29, 0.717) is 18.4 Å². The summed E-state index contributed by atoms with van der Waals surface area (Å²) in [6, 6.07) is 0. The number of piperidine rings is 1. The van der Waals surface area contributed by atoms with Gasteiger partial charge in [-0.05, 0) is 51.1 Å². The number of rotatable bonds is 8. The van der Waals surface area contributed by atoms with Crippen molar-refractivity contribution < 1.29 is 5.11 Å². The van der Waals surface area contributed by atoms with Crippen LogP contribution < -0.4 is 5.73 Å². The van der Waals surface area contributed by atoms with Crippen LogP contribution in [0.4, 0.5) is 0 Å². The Balaban J connectivity index is 2.17. The maximum atomic E-state index is 9.01. The van der Waals surface area contributed by atoms with Crippen LogP contribution in [0.25, 0.3) is 0 Å². The highest BCUT2D eigenvalue weighted by atomic mass is 16.3. The Labute approximate surface area is 117 Å². The van der Waals surface area contributed by atoms with Gasteiger partial charge >= 0.3 is 0 Å². The van der Waals surface area contributed by atoms with Crippen LogP contribution in [-0.2, 0) is 0 Å². The van der Waals surface area contributed by atoms with Gasteiger partial charge in [-0.3, -0.25) is 5.41 Å². The Morgan fingerprint density at radius 3 is 2.79 bits per heavy atom. The van der Waals surface area contributed by atoms with Crippen LogP contribution in [0, 0.1) is 16.7 Å². The fraction of sp³-hybridized carbons (Fsp3) is 0.933. The minimum atomic E-state index is -0.151. The number of amidine groups is 1. The molecule has 0 saturated carbocycles. The first kappa shape index (κ1) is 16.4.